The molecule has 2 fully saturated rings. The summed E-state index contributed by atoms with van der Waals surface area (Å²) < 4.78 is 42.1. The van der Waals surface area contributed by atoms with E-state index in [-0.39, 0.29) is 36.8 Å². The Morgan fingerprint density at radius 3 is 1.88 bits per heavy atom. The molecule has 0 radical (unpaired) electrons. The van der Waals surface area contributed by atoms with Crippen molar-refractivity contribution in [1.29, 1.82) is 0 Å². The molecule has 0 spiro atoms. The molecule has 0 N–H and O–H groups in total. The van der Waals surface area contributed by atoms with Crippen molar-refractivity contribution in [2.45, 2.75) is 82.6 Å². The fourth-order valence-electron chi connectivity index (χ4n) is 5.55. The first-order valence-corrected chi connectivity index (χ1v) is 15.2. The third kappa shape index (κ3) is 9.36. The van der Waals surface area contributed by atoms with Crippen LogP contribution in [0.4, 0.5) is 0 Å². The maximum Gasteiger partial charge on any atom is 0.308 e. The van der Waals surface area contributed by atoms with Crippen LogP contribution in [0.25, 0.3) is 0 Å². The van der Waals surface area contributed by atoms with E-state index in [1.165, 1.54) is 0 Å². The standard InChI is InChI=1S/C35H42O8/c1-3-39-33(36)23-32-22-31(42-35(43-32)27-12-8-5-9-13-27)21-30-20-29(40-34(41-30)26-10-6-4-7-11-26)18-19-38-24-25-14-16-28(37-2)17-15-25/h4-17,29-32,34-35H,3,18-24H2,1-2H3/t29-,30-,31-,32-,34-,35-/m1/s1. The molecule has 2 aliphatic heterocycles. The Hall–Kier alpha value is -3.27. The van der Waals surface area contributed by atoms with Crippen LogP contribution in [0.3, 0.4) is 0 Å². The quantitative estimate of drug-likeness (QED) is 0.161. The lowest BCUT2D eigenvalue weighted by molar-refractivity contribution is -0.278. The van der Waals surface area contributed by atoms with E-state index in [1.54, 1.807) is 7.11 Å². The first-order chi connectivity index (χ1) is 21.1. The topological polar surface area (TPSA) is 81.7 Å². The zero-order valence-electron chi connectivity index (χ0n) is 25.0. The van der Waals surface area contributed by atoms with Gasteiger partial charge in [0.25, 0.3) is 0 Å². The van der Waals surface area contributed by atoms with Crippen molar-refractivity contribution in [2.75, 3.05) is 20.3 Å². The maximum absolute atomic E-state index is 12.3. The fourth-order valence-corrected chi connectivity index (χ4v) is 5.55. The summed E-state index contributed by atoms with van der Waals surface area (Å²) in [4.78, 5) is 12.3. The van der Waals surface area contributed by atoms with Gasteiger partial charge < -0.3 is 33.2 Å². The Balaban J connectivity index is 1.23. The van der Waals surface area contributed by atoms with Gasteiger partial charge >= 0.3 is 5.97 Å². The molecule has 2 saturated heterocycles. The Morgan fingerprint density at radius 2 is 1.30 bits per heavy atom. The fraction of sp³-hybridized carbons (Fsp3) is 0.457. The second kappa shape index (κ2) is 16.0. The van der Waals surface area contributed by atoms with E-state index in [0.29, 0.717) is 39.1 Å². The molecule has 8 nitrogen and oxygen atoms in total. The molecular weight excluding hydrogens is 548 g/mol. The third-order valence-corrected chi connectivity index (χ3v) is 7.70. The van der Waals surface area contributed by atoms with E-state index in [4.69, 9.17) is 33.2 Å². The Labute approximate surface area is 254 Å². The molecule has 2 aliphatic rings. The normalized spacial score (nSPS) is 25.6. The van der Waals surface area contributed by atoms with Crippen molar-refractivity contribution < 1.29 is 38.0 Å². The largest absolute Gasteiger partial charge is 0.497 e. The van der Waals surface area contributed by atoms with Gasteiger partial charge in [-0.05, 0) is 31.0 Å². The number of carbonyl (C=O) groups is 1. The van der Waals surface area contributed by atoms with Crippen molar-refractivity contribution in [1.82, 2.24) is 0 Å². The van der Waals surface area contributed by atoms with E-state index < -0.39 is 12.6 Å². The summed E-state index contributed by atoms with van der Waals surface area (Å²) in [5.74, 6) is 0.564. The lowest BCUT2D eigenvalue weighted by Crippen LogP contribution is -2.41. The van der Waals surface area contributed by atoms with E-state index in [2.05, 4.69) is 0 Å². The van der Waals surface area contributed by atoms with Gasteiger partial charge in [0.05, 0.1) is 51.2 Å². The van der Waals surface area contributed by atoms with Crippen LogP contribution in [-0.4, -0.2) is 50.7 Å². The van der Waals surface area contributed by atoms with Gasteiger partial charge in [0.2, 0.25) is 0 Å². The Bertz CT molecular complexity index is 1240. The van der Waals surface area contributed by atoms with Crippen molar-refractivity contribution in [3.8, 4) is 5.75 Å². The van der Waals surface area contributed by atoms with Crippen molar-refractivity contribution in [3.63, 3.8) is 0 Å². The molecular formula is C35H42O8. The van der Waals surface area contributed by atoms with Crippen molar-refractivity contribution in [2.24, 2.45) is 0 Å². The molecule has 0 aliphatic carbocycles. The summed E-state index contributed by atoms with van der Waals surface area (Å²) in [7, 11) is 1.66. The predicted molar refractivity (Wildman–Crippen MR) is 160 cm³/mol. The van der Waals surface area contributed by atoms with E-state index >= 15 is 0 Å². The van der Waals surface area contributed by atoms with E-state index in [0.717, 1.165) is 28.9 Å². The molecule has 0 bridgehead atoms. The van der Waals surface area contributed by atoms with Gasteiger partial charge in [0.1, 0.15) is 5.75 Å². The molecule has 2 heterocycles. The van der Waals surface area contributed by atoms with Crippen LogP contribution in [0, 0.1) is 0 Å². The number of carbonyl (C=O) groups excluding carboxylic acids is 1. The number of rotatable bonds is 13. The monoisotopic (exact) mass is 590 g/mol. The molecule has 43 heavy (non-hydrogen) atoms. The summed E-state index contributed by atoms with van der Waals surface area (Å²) in [6.07, 6.45) is 1.22. The van der Waals surface area contributed by atoms with Crippen LogP contribution >= 0.6 is 0 Å². The second-order valence-corrected chi connectivity index (χ2v) is 10.9. The molecule has 0 saturated carbocycles. The predicted octanol–water partition coefficient (Wildman–Crippen LogP) is 6.69. The lowest BCUT2D eigenvalue weighted by atomic mass is 9.96. The highest BCUT2D eigenvalue weighted by molar-refractivity contribution is 5.69. The van der Waals surface area contributed by atoms with Crippen LogP contribution in [-0.2, 0) is 39.8 Å². The molecule has 3 aromatic rings. The molecule has 0 aromatic heterocycles. The molecule has 8 heteroatoms. The molecule has 0 unspecified atom stereocenters. The third-order valence-electron chi connectivity index (χ3n) is 7.70. The second-order valence-electron chi connectivity index (χ2n) is 10.9. The number of esters is 1. The zero-order valence-corrected chi connectivity index (χ0v) is 25.0. The molecule has 5 rings (SSSR count). The number of methoxy groups -OCH3 is 1. The van der Waals surface area contributed by atoms with Crippen LogP contribution in [0.1, 0.15) is 68.3 Å². The Morgan fingerprint density at radius 1 is 0.744 bits per heavy atom. The van der Waals surface area contributed by atoms with Gasteiger partial charge in [-0.25, -0.2) is 0 Å². The van der Waals surface area contributed by atoms with Gasteiger partial charge in [0, 0.05) is 37.0 Å². The molecule has 3 aromatic carbocycles. The van der Waals surface area contributed by atoms with E-state index in [1.807, 2.05) is 91.9 Å². The minimum atomic E-state index is -0.564. The number of benzene rings is 3. The zero-order chi connectivity index (χ0) is 29.9. The first kappa shape index (κ1) is 31.2. The van der Waals surface area contributed by atoms with E-state index in [9.17, 15) is 4.79 Å². The van der Waals surface area contributed by atoms with Gasteiger partial charge in [-0.15, -0.1) is 0 Å². The summed E-state index contributed by atoms with van der Waals surface area (Å²) in [5.41, 5.74) is 2.99. The number of ether oxygens (including phenoxy) is 7. The summed E-state index contributed by atoms with van der Waals surface area (Å²) in [6, 6.07) is 27.7. The highest BCUT2D eigenvalue weighted by Crippen LogP contribution is 2.37. The molecule has 6 atom stereocenters. The SMILES string of the molecule is CCOC(=O)C[C@H]1C[C@@H](C[C@H]2C[C@@H](CCOCc3ccc(OC)cc3)O[C@@H](c3ccccc3)O2)O[C@@H](c2ccccc2)O1. The minimum absolute atomic E-state index is 0.0417. The smallest absolute Gasteiger partial charge is 0.308 e. The summed E-state index contributed by atoms with van der Waals surface area (Å²) in [6.45, 7) is 3.24. The first-order valence-electron chi connectivity index (χ1n) is 15.2. The lowest BCUT2D eigenvalue weighted by Gasteiger charge is -2.40. The highest BCUT2D eigenvalue weighted by atomic mass is 16.7. The van der Waals surface area contributed by atoms with Gasteiger partial charge in [-0.3, -0.25) is 4.79 Å². The van der Waals surface area contributed by atoms with Gasteiger partial charge in [0.15, 0.2) is 12.6 Å². The molecule has 0 amide bonds. The van der Waals surface area contributed by atoms with Crippen LogP contribution < -0.4 is 4.74 Å². The maximum atomic E-state index is 12.3. The average molecular weight is 591 g/mol. The summed E-state index contributed by atoms with van der Waals surface area (Å²) >= 11 is 0. The van der Waals surface area contributed by atoms with Crippen molar-refractivity contribution in [3.05, 3.63) is 102 Å². The van der Waals surface area contributed by atoms with Crippen LogP contribution in [0.2, 0.25) is 0 Å². The van der Waals surface area contributed by atoms with Crippen molar-refractivity contribution >= 4 is 5.97 Å². The number of hydrogen-bond acceptors (Lipinski definition) is 8. The van der Waals surface area contributed by atoms with Gasteiger partial charge in [-0.1, -0.05) is 72.8 Å². The molecule has 230 valence electrons. The minimum Gasteiger partial charge on any atom is -0.497 e. The Kier molecular flexibility index (Phi) is 11.6. The average Bonchev–Trinajstić information content (AvgIpc) is 3.04. The van der Waals surface area contributed by atoms with Crippen LogP contribution in [0.15, 0.2) is 84.9 Å². The highest BCUT2D eigenvalue weighted by Gasteiger charge is 2.37. The van der Waals surface area contributed by atoms with Crippen LogP contribution in [0.5, 0.6) is 5.75 Å². The van der Waals surface area contributed by atoms with Gasteiger partial charge in [-0.2, -0.15) is 0 Å². The summed E-state index contributed by atoms with van der Waals surface area (Å²) in [5, 5.41) is 0. The number of hydrogen-bond donors (Lipinski definition) is 0.